The Bertz CT molecular complexity index is 1080. The van der Waals surface area contributed by atoms with Crippen LogP contribution in [0.3, 0.4) is 0 Å². The van der Waals surface area contributed by atoms with Gasteiger partial charge in [-0.2, -0.15) is 0 Å². The average molecular weight is 456 g/mol. The summed E-state index contributed by atoms with van der Waals surface area (Å²) >= 11 is 0. The van der Waals surface area contributed by atoms with Gasteiger partial charge in [0.1, 0.15) is 17.8 Å². The highest BCUT2D eigenvalue weighted by Gasteiger charge is 2.46. The van der Waals surface area contributed by atoms with E-state index in [1.165, 1.54) is 54.2 Å². The maximum atomic E-state index is 15.3. The summed E-state index contributed by atoms with van der Waals surface area (Å²) in [6.45, 7) is -0.319. The van der Waals surface area contributed by atoms with Gasteiger partial charge < -0.3 is 9.80 Å². The minimum Gasteiger partial charge on any atom is -0.331 e. The lowest BCUT2D eigenvalue weighted by molar-refractivity contribution is 0.161. The van der Waals surface area contributed by atoms with Crippen molar-refractivity contribution in [3.05, 3.63) is 59.7 Å². The molecule has 3 atom stereocenters. The van der Waals surface area contributed by atoms with E-state index in [0.717, 1.165) is 6.26 Å². The molecule has 1 aliphatic heterocycles. The number of sulfonamides is 1. The van der Waals surface area contributed by atoms with Gasteiger partial charge >= 0.3 is 6.03 Å². The molecular formula is C21H24F3N3O3S. The predicted octanol–water partition coefficient (Wildman–Crippen LogP) is 2.80. The lowest BCUT2D eigenvalue weighted by Gasteiger charge is -2.30. The number of urea groups is 1. The molecule has 2 amide bonds. The second kappa shape index (κ2) is 8.88. The van der Waals surface area contributed by atoms with E-state index >= 15 is 4.39 Å². The Kier molecular flexibility index (Phi) is 6.61. The molecule has 10 heteroatoms. The summed E-state index contributed by atoms with van der Waals surface area (Å²) in [7, 11) is -0.788. The first-order valence-electron chi connectivity index (χ1n) is 9.60. The number of nitrogens with one attached hydrogen (secondary N) is 1. The molecule has 0 unspecified atom stereocenters. The van der Waals surface area contributed by atoms with Crippen molar-refractivity contribution in [3.8, 4) is 11.1 Å². The molecule has 0 radical (unpaired) electrons. The first kappa shape index (κ1) is 23.1. The lowest BCUT2D eigenvalue weighted by Crippen LogP contribution is -2.51. The van der Waals surface area contributed by atoms with Crippen molar-refractivity contribution in [3.63, 3.8) is 0 Å². The highest BCUT2D eigenvalue weighted by molar-refractivity contribution is 7.88. The van der Waals surface area contributed by atoms with Crippen molar-refractivity contribution in [2.45, 2.75) is 24.7 Å². The molecule has 2 aromatic rings. The van der Waals surface area contributed by atoms with Crippen LogP contribution in [-0.4, -0.2) is 69.4 Å². The first-order chi connectivity index (χ1) is 14.5. The van der Waals surface area contributed by atoms with E-state index in [1.54, 1.807) is 12.1 Å². The van der Waals surface area contributed by atoms with Crippen LogP contribution in [-0.2, 0) is 16.4 Å². The summed E-state index contributed by atoms with van der Waals surface area (Å²) in [6, 6.07) is 7.36. The molecule has 0 aliphatic carbocycles. The topological polar surface area (TPSA) is 69.7 Å². The van der Waals surface area contributed by atoms with Crippen LogP contribution in [0.5, 0.6) is 0 Å². The van der Waals surface area contributed by atoms with Gasteiger partial charge in [0.05, 0.1) is 24.9 Å². The Morgan fingerprint density at radius 2 is 1.87 bits per heavy atom. The summed E-state index contributed by atoms with van der Waals surface area (Å²) in [5.74, 6) is -1.15. The van der Waals surface area contributed by atoms with E-state index in [1.807, 2.05) is 0 Å². The van der Waals surface area contributed by atoms with E-state index in [4.69, 9.17) is 0 Å². The molecule has 0 saturated carbocycles. The second-order valence-corrected chi connectivity index (χ2v) is 9.60. The molecule has 1 heterocycles. The van der Waals surface area contributed by atoms with E-state index in [2.05, 4.69) is 4.72 Å². The molecule has 1 N–H and O–H groups in total. The van der Waals surface area contributed by atoms with Gasteiger partial charge in [-0.15, -0.1) is 0 Å². The van der Waals surface area contributed by atoms with E-state index in [0.29, 0.717) is 5.56 Å². The van der Waals surface area contributed by atoms with Crippen molar-refractivity contribution >= 4 is 16.1 Å². The molecule has 1 saturated heterocycles. The number of hydrogen-bond donors (Lipinski definition) is 1. The van der Waals surface area contributed by atoms with Gasteiger partial charge in [0.25, 0.3) is 0 Å². The number of carbonyl (C=O) groups is 1. The summed E-state index contributed by atoms with van der Waals surface area (Å²) in [4.78, 5) is 15.0. The monoisotopic (exact) mass is 455 g/mol. The Hall–Kier alpha value is -2.59. The van der Waals surface area contributed by atoms with Crippen LogP contribution in [0.4, 0.5) is 18.0 Å². The van der Waals surface area contributed by atoms with Gasteiger partial charge in [-0.05, 0) is 29.7 Å². The molecule has 0 bridgehead atoms. The van der Waals surface area contributed by atoms with Crippen molar-refractivity contribution in [2.24, 2.45) is 0 Å². The number of rotatable bonds is 5. The van der Waals surface area contributed by atoms with E-state index in [-0.39, 0.29) is 24.1 Å². The van der Waals surface area contributed by atoms with Crippen LogP contribution in [0, 0.1) is 11.6 Å². The highest BCUT2D eigenvalue weighted by Crippen LogP contribution is 2.30. The zero-order valence-corrected chi connectivity index (χ0v) is 18.2. The van der Waals surface area contributed by atoms with Gasteiger partial charge in [-0.3, -0.25) is 0 Å². The Balaban J connectivity index is 2.00. The number of alkyl halides is 1. The third-order valence-corrected chi connectivity index (χ3v) is 5.90. The van der Waals surface area contributed by atoms with Crippen LogP contribution >= 0.6 is 0 Å². The third kappa shape index (κ3) is 5.19. The summed E-state index contributed by atoms with van der Waals surface area (Å²) < 4.78 is 69.5. The smallest absolute Gasteiger partial charge is 0.319 e. The van der Waals surface area contributed by atoms with Gasteiger partial charge in [0.2, 0.25) is 10.0 Å². The highest BCUT2D eigenvalue weighted by atomic mass is 32.2. The SMILES string of the molecule is CN(C)C(=O)N1C[C@H](F)[C@H](NS(C)(=O)=O)[C@@H]1Cc1cccc(-c2cccc(F)c2)c1F. The number of likely N-dealkylation sites (tertiary alicyclic amines) is 1. The number of nitrogens with zero attached hydrogens (tertiary/aromatic N) is 2. The van der Waals surface area contributed by atoms with Crippen molar-refractivity contribution in [1.29, 1.82) is 0 Å². The fraction of sp³-hybridized carbons (Fsp3) is 0.381. The Morgan fingerprint density at radius 1 is 1.19 bits per heavy atom. The van der Waals surface area contributed by atoms with Gasteiger partial charge in [-0.1, -0.05) is 30.3 Å². The summed E-state index contributed by atoms with van der Waals surface area (Å²) in [6.07, 6.45) is -0.876. The second-order valence-electron chi connectivity index (χ2n) is 7.82. The molecule has 3 rings (SSSR count). The van der Waals surface area contributed by atoms with Gasteiger partial charge in [0, 0.05) is 19.7 Å². The Labute approximate surface area is 179 Å². The van der Waals surface area contributed by atoms with E-state index < -0.39 is 45.9 Å². The number of hydrogen-bond acceptors (Lipinski definition) is 3. The van der Waals surface area contributed by atoms with Crippen LogP contribution in [0.2, 0.25) is 0 Å². The standard InChI is InChI=1S/C21H24F3N3O3S/c1-26(2)21(28)27-12-17(23)20(25-31(3,29)30)18(27)11-14-7-5-9-16(19(14)24)13-6-4-8-15(22)10-13/h4-10,17-18,20,25H,11-12H2,1-3H3/t17-,18-,20-/m0/s1. The molecule has 0 spiro atoms. The number of carbonyl (C=O) groups excluding carboxylic acids is 1. The predicted molar refractivity (Wildman–Crippen MR) is 112 cm³/mol. The van der Waals surface area contributed by atoms with Crippen LogP contribution in [0.1, 0.15) is 5.56 Å². The number of benzene rings is 2. The third-order valence-electron chi connectivity index (χ3n) is 5.20. The molecule has 168 valence electrons. The van der Waals surface area contributed by atoms with Gasteiger partial charge in [-0.25, -0.2) is 31.1 Å². The van der Waals surface area contributed by atoms with Crippen molar-refractivity contribution in [1.82, 2.24) is 14.5 Å². The zero-order valence-electron chi connectivity index (χ0n) is 17.3. The Morgan fingerprint density at radius 3 is 2.48 bits per heavy atom. The normalized spacial score (nSPS) is 21.4. The van der Waals surface area contributed by atoms with Crippen LogP contribution in [0.15, 0.2) is 42.5 Å². The molecule has 1 aliphatic rings. The molecule has 1 fully saturated rings. The number of halogens is 3. The van der Waals surface area contributed by atoms with Crippen LogP contribution < -0.4 is 4.72 Å². The maximum Gasteiger partial charge on any atom is 0.319 e. The van der Waals surface area contributed by atoms with Crippen molar-refractivity contribution < 1.29 is 26.4 Å². The number of amides is 2. The largest absolute Gasteiger partial charge is 0.331 e. The molecular weight excluding hydrogens is 431 g/mol. The molecule has 31 heavy (non-hydrogen) atoms. The average Bonchev–Trinajstić information content (AvgIpc) is 2.97. The van der Waals surface area contributed by atoms with Gasteiger partial charge in [0.15, 0.2) is 0 Å². The minimum absolute atomic E-state index is 0.123. The molecule has 2 aromatic carbocycles. The quantitative estimate of drug-likeness (QED) is 0.754. The van der Waals surface area contributed by atoms with Crippen molar-refractivity contribution in [2.75, 3.05) is 26.9 Å². The fourth-order valence-electron chi connectivity index (χ4n) is 3.83. The summed E-state index contributed by atoms with van der Waals surface area (Å²) in [5, 5.41) is 0. The zero-order chi connectivity index (χ0) is 22.9. The minimum atomic E-state index is -3.78. The first-order valence-corrected chi connectivity index (χ1v) is 11.5. The van der Waals surface area contributed by atoms with E-state index in [9.17, 15) is 22.0 Å². The van der Waals surface area contributed by atoms with Crippen LogP contribution in [0.25, 0.3) is 11.1 Å². The lowest BCUT2D eigenvalue weighted by atomic mass is 9.95. The summed E-state index contributed by atoms with van der Waals surface area (Å²) in [5.41, 5.74) is 0.656. The fourth-order valence-corrected chi connectivity index (χ4v) is 4.63. The molecule has 6 nitrogen and oxygen atoms in total. The molecule has 0 aromatic heterocycles. The maximum absolute atomic E-state index is 15.3.